The van der Waals surface area contributed by atoms with Crippen LogP contribution < -0.4 is 5.73 Å². The number of nitrogens with zero attached hydrogens (tertiary/aromatic N) is 1. The molecule has 0 fully saturated rings. The van der Waals surface area contributed by atoms with Gasteiger partial charge in [-0.1, -0.05) is 27.3 Å². The van der Waals surface area contributed by atoms with Crippen molar-refractivity contribution in [2.45, 2.75) is 6.92 Å². The van der Waals surface area contributed by atoms with E-state index in [-0.39, 0.29) is 0 Å². The summed E-state index contributed by atoms with van der Waals surface area (Å²) in [5.74, 6) is 0. The van der Waals surface area contributed by atoms with Crippen LogP contribution in [-0.4, -0.2) is 4.98 Å². The van der Waals surface area contributed by atoms with E-state index >= 15 is 0 Å². The molecule has 0 spiro atoms. The summed E-state index contributed by atoms with van der Waals surface area (Å²) in [5, 5.41) is 0.631. The molecule has 4 heteroatoms. The van der Waals surface area contributed by atoms with Gasteiger partial charge in [0, 0.05) is 4.47 Å². The summed E-state index contributed by atoms with van der Waals surface area (Å²) in [6, 6.07) is 4.05. The molecule has 12 heavy (non-hydrogen) atoms. The van der Waals surface area contributed by atoms with Crippen molar-refractivity contribution in [3.8, 4) is 0 Å². The fourth-order valence-corrected chi connectivity index (χ4v) is 2.52. The Morgan fingerprint density at radius 1 is 1.50 bits per heavy atom. The van der Waals surface area contributed by atoms with Crippen molar-refractivity contribution in [2.24, 2.45) is 0 Å². The number of aromatic nitrogens is 1. The van der Waals surface area contributed by atoms with E-state index in [9.17, 15) is 0 Å². The molecule has 0 saturated carbocycles. The lowest BCUT2D eigenvalue weighted by atomic mass is 10.2. The van der Waals surface area contributed by atoms with Gasteiger partial charge in [-0.2, -0.15) is 0 Å². The molecule has 0 atom stereocenters. The first-order valence-electron chi connectivity index (χ1n) is 3.49. The highest BCUT2D eigenvalue weighted by molar-refractivity contribution is 9.10. The maximum absolute atomic E-state index is 5.60. The van der Waals surface area contributed by atoms with Crippen LogP contribution in [-0.2, 0) is 0 Å². The smallest absolute Gasteiger partial charge is 0.181 e. The molecule has 2 N–H and O–H groups in total. The van der Waals surface area contributed by atoms with E-state index in [1.807, 2.05) is 6.07 Å². The lowest BCUT2D eigenvalue weighted by molar-refractivity contribution is 1.46. The molecule has 62 valence electrons. The van der Waals surface area contributed by atoms with E-state index < -0.39 is 0 Å². The van der Waals surface area contributed by atoms with Crippen LogP contribution in [0.15, 0.2) is 16.6 Å². The van der Waals surface area contributed by atoms with Gasteiger partial charge in [0.15, 0.2) is 5.13 Å². The van der Waals surface area contributed by atoms with Gasteiger partial charge in [-0.3, -0.25) is 0 Å². The van der Waals surface area contributed by atoms with Gasteiger partial charge in [0.05, 0.1) is 10.2 Å². The van der Waals surface area contributed by atoms with Crippen molar-refractivity contribution in [3.63, 3.8) is 0 Å². The third kappa shape index (κ3) is 1.21. The predicted octanol–water partition coefficient (Wildman–Crippen LogP) is 2.95. The Balaban J connectivity index is 2.88. The lowest BCUT2D eigenvalue weighted by Gasteiger charge is -1.94. The lowest BCUT2D eigenvalue weighted by Crippen LogP contribution is -1.79. The molecule has 1 aromatic carbocycles. The maximum atomic E-state index is 5.60. The molecule has 0 bridgehead atoms. The number of thiazole rings is 1. The van der Waals surface area contributed by atoms with E-state index in [2.05, 4.69) is 33.9 Å². The molecule has 2 nitrogen and oxygen atoms in total. The van der Waals surface area contributed by atoms with Crippen LogP contribution in [0.5, 0.6) is 0 Å². The summed E-state index contributed by atoms with van der Waals surface area (Å²) in [4.78, 5) is 4.20. The first-order valence-corrected chi connectivity index (χ1v) is 5.10. The minimum atomic E-state index is 0.631. The van der Waals surface area contributed by atoms with Crippen molar-refractivity contribution in [1.29, 1.82) is 0 Å². The fraction of sp³-hybridized carbons (Fsp3) is 0.125. The number of benzene rings is 1. The van der Waals surface area contributed by atoms with Crippen molar-refractivity contribution in [3.05, 3.63) is 22.2 Å². The van der Waals surface area contributed by atoms with E-state index in [4.69, 9.17) is 5.73 Å². The van der Waals surface area contributed by atoms with Crippen molar-refractivity contribution in [2.75, 3.05) is 5.73 Å². The molecule has 0 unspecified atom stereocenters. The van der Waals surface area contributed by atoms with Gasteiger partial charge < -0.3 is 5.73 Å². The number of rotatable bonds is 0. The van der Waals surface area contributed by atoms with Gasteiger partial charge in [-0.05, 0) is 24.6 Å². The van der Waals surface area contributed by atoms with E-state index in [1.165, 1.54) is 21.6 Å². The molecule has 1 aromatic heterocycles. The summed E-state index contributed by atoms with van der Waals surface area (Å²) in [5.41, 5.74) is 7.79. The highest BCUT2D eigenvalue weighted by Gasteiger charge is 2.04. The monoisotopic (exact) mass is 242 g/mol. The number of aryl methyl sites for hydroxylation is 1. The van der Waals surface area contributed by atoms with Gasteiger partial charge in [0.2, 0.25) is 0 Å². The number of hydrogen-bond donors (Lipinski definition) is 1. The Hall–Kier alpha value is -0.610. The number of nitrogens with two attached hydrogens (primary N) is 1. The standard InChI is InChI=1S/C8H7BrN2S/c1-4-2-5(9)3-6-7(4)12-8(10)11-6/h2-3H,1H3,(H2,10,11). The molecule has 0 aliphatic heterocycles. The predicted molar refractivity (Wildman–Crippen MR) is 56.5 cm³/mol. The summed E-state index contributed by atoms with van der Waals surface area (Å²) in [7, 11) is 0. The average molecular weight is 243 g/mol. The average Bonchev–Trinajstić information content (AvgIpc) is 2.29. The molecule has 2 rings (SSSR count). The second-order valence-electron chi connectivity index (χ2n) is 2.62. The molecule has 0 aliphatic carbocycles. The molecular weight excluding hydrogens is 236 g/mol. The number of halogens is 1. The Morgan fingerprint density at radius 2 is 2.25 bits per heavy atom. The number of anilines is 1. The molecule has 2 aromatic rings. The Morgan fingerprint density at radius 3 is 3.00 bits per heavy atom. The second-order valence-corrected chi connectivity index (χ2v) is 4.57. The van der Waals surface area contributed by atoms with Crippen LogP contribution in [0.1, 0.15) is 5.56 Å². The van der Waals surface area contributed by atoms with Gasteiger partial charge in [0.25, 0.3) is 0 Å². The third-order valence-corrected chi connectivity index (χ3v) is 3.15. The zero-order chi connectivity index (χ0) is 8.72. The summed E-state index contributed by atoms with van der Waals surface area (Å²) >= 11 is 4.95. The summed E-state index contributed by atoms with van der Waals surface area (Å²) in [6.45, 7) is 2.06. The number of nitrogen functional groups attached to an aromatic ring is 1. The molecular formula is C8H7BrN2S. The van der Waals surface area contributed by atoms with Gasteiger partial charge >= 0.3 is 0 Å². The third-order valence-electron chi connectivity index (χ3n) is 1.66. The van der Waals surface area contributed by atoms with Crippen molar-refractivity contribution in [1.82, 2.24) is 4.98 Å². The van der Waals surface area contributed by atoms with E-state index in [0.717, 1.165) is 9.99 Å². The van der Waals surface area contributed by atoms with E-state index in [0.29, 0.717) is 5.13 Å². The Bertz CT molecular complexity index is 436. The SMILES string of the molecule is Cc1cc(Br)cc2nc(N)sc12. The maximum Gasteiger partial charge on any atom is 0.181 e. The molecule has 0 aliphatic rings. The number of fused-ring (bicyclic) bond motifs is 1. The fourth-order valence-electron chi connectivity index (χ4n) is 1.17. The molecule has 0 amide bonds. The van der Waals surface area contributed by atoms with Crippen LogP contribution in [0.4, 0.5) is 5.13 Å². The Kier molecular flexibility index (Phi) is 1.81. The minimum absolute atomic E-state index is 0.631. The molecule has 0 saturated heterocycles. The van der Waals surface area contributed by atoms with Crippen molar-refractivity contribution < 1.29 is 0 Å². The van der Waals surface area contributed by atoms with Crippen LogP contribution in [0.3, 0.4) is 0 Å². The quantitative estimate of drug-likeness (QED) is 0.772. The highest BCUT2D eigenvalue weighted by atomic mass is 79.9. The number of hydrogen-bond acceptors (Lipinski definition) is 3. The van der Waals surface area contributed by atoms with E-state index in [1.54, 1.807) is 0 Å². The van der Waals surface area contributed by atoms with Gasteiger partial charge in [-0.15, -0.1) is 0 Å². The normalized spacial score (nSPS) is 10.8. The van der Waals surface area contributed by atoms with Crippen LogP contribution in [0.2, 0.25) is 0 Å². The van der Waals surface area contributed by atoms with Gasteiger partial charge in [0.1, 0.15) is 0 Å². The Labute approximate surface area is 82.5 Å². The highest BCUT2D eigenvalue weighted by Crippen LogP contribution is 2.29. The molecule has 0 radical (unpaired) electrons. The van der Waals surface area contributed by atoms with Crippen LogP contribution in [0, 0.1) is 6.92 Å². The zero-order valence-corrected chi connectivity index (χ0v) is 8.87. The van der Waals surface area contributed by atoms with Crippen LogP contribution in [0.25, 0.3) is 10.2 Å². The largest absolute Gasteiger partial charge is 0.375 e. The minimum Gasteiger partial charge on any atom is -0.375 e. The summed E-state index contributed by atoms with van der Waals surface area (Å²) < 4.78 is 2.23. The van der Waals surface area contributed by atoms with Crippen LogP contribution >= 0.6 is 27.3 Å². The first-order chi connectivity index (χ1) is 5.66. The second kappa shape index (κ2) is 2.71. The molecule has 1 heterocycles. The topological polar surface area (TPSA) is 38.9 Å². The first kappa shape index (κ1) is 8.01. The zero-order valence-electron chi connectivity index (χ0n) is 6.47. The van der Waals surface area contributed by atoms with Gasteiger partial charge in [-0.25, -0.2) is 4.98 Å². The van der Waals surface area contributed by atoms with Crippen molar-refractivity contribution >= 4 is 42.6 Å². The summed E-state index contributed by atoms with van der Waals surface area (Å²) in [6.07, 6.45) is 0.